The fourth-order valence-corrected chi connectivity index (χ4v) is 1.07. The average molecular weight is 218 g/mol. The first-order valence-corrected chi connectivity index (χ1v) is 4.54. The molecule has 0 aromatic heterocycles. The van der Waals surface area contributed by atoms with Gasteiger partial charge < -0.3 is 10.2 Å². The molecule has 1 aromatic rings. The van der Waals surface area contributed by atoms with Gasteiger partial charge in [-0.1, -0.05) is 0 Å². The monoisotopic (exact) mass is 218 g/mol. The SMILES string of the molecule is CN(C)CCNc1cc(F)c(F)cc1F. The molecule has 0 spiro atoms. The van der Waals surface area contributed by atoms with Crippen LogP contribution in [0.25, 0.3) is 0 Å². The summed E-state index contributed by atoms with van der Waals surface area (Å²) in [6, 6.07) is 1.35. The second-order valence-corrected chi connectivity index (χ2v) is 3.48. The number of likely N-dealkylation sites (N-methyl/N-ethyl adjacent to an activating group) is 1. The normalized spacial score (nSPS) is 10.8. The lowest BCUT2D eigenvalue weighted by Crippen LogP contribution is -2.21. The number of nitrogens with one attached hydrogen (secondary N) is 1. The van der Waals surface area contributed by atoms with Gasteiger partial charge in [0.1, 0.15) is 5.82 Å². The third-order valence-electron chi connectivity index (χ3n) is 1.88. The van der Waals surface area contributed by atoms with Crippen molar-refractivity contribution in [3.63, 3.8) is 0 Å². The summed E-state index contributed by atoms with van der Waals surface area (Å²) in [6.07, 6.45) is 0. The van der Waals surface area contributed by atoms with E-state index in [1.165, 1.54) is 0 Å². The first kappa shape index (κ1) is 11.8. The van der Waals surface area contributed by atoms with E-state index in [2.05, 4.69) is 5.32 Å². The average Bonchev–Trinajstić information content (AvgIpc) is 2.13. The minimum atomic E-state index is -1.18. The van der Waals surface area contributed by atoms with Crippen LogP contribution in [0.1, 0.15) is 0 Å². The predicted octanol–water partition coefficient (Wildman–Crippen LogP) is 2.08. The Bertz CT molecular complexity index is 340. The largest absolute Gasteiger partial charge is 0.381 e. The Morgan fingerprint density at radius 1 is 1.07 bits per heavy atom. The van der Waals surface area contributed by atoms with Crippen LogP contribution < -0.4 is 5.32 Å². The molecule has 0 aliphatic rings. The van der Waals surface area contributed by atoms with Gasteiger partial charge in [0, 0.05) is 25.2 Å². The molecule has 2 nitrogen and oxygen atoms in total. The maximum atomic E-state index is 13.1. The van der Waals surface area contributed by atoms with E-state index in [0.717, 1.165) is 6.07 Å². The summed E-state index contributed by atoms with van der Waals surface area (Å²) < 4.78 is 38.4. The minimum Gasteiger partial charge on any atom is -0.381 e. The highest BCUT2D eigenvalue weighted by Gasteiger charge is 2.08. The molecule has 1 aromatic carbocycles. The zero-order chi connectivity index (χ0) is 11.4. The number of hydrogen-bond donors (Lipinski definition) is 1. The van der Waals surface area contributed by atoms with Crippen molar-refractivity contribution in [2.45, 2.75) is 0 Å². The molecule has 0 unspecified atom stereocenters. The maximum Gasteiger partial charge on any atom is 0.161 e. The summed E-state index contributed by atoms with van der Waals surface area (Å²) in [5.41, 5.74) is -0.0178. The fourth-order valence-electron chi connectivity index (χ4n) is 1.07. The molecule has 1 N–H and O–H groups in total. The molecule has 0 atom stereocenters. The van der Waals surface area contributed by atoms with Crippen molar-refractivity contribution < 1.29 is 13.2 Å². The fraction of sp³-hybridized carbons (Fsp3) is 0.400. The molecule has 0 radical (unpaired) electrons. The van der Waals surface area contributed by atoms with Gasteiger partial charge in [-0.05, 0) is 14.1 Å². The van der Waals surface area contributed by atoms with Gasteiger partial charge in [-0.2, -0.15) is 0 Å². The van der Waals surface area contributed by atoms with Gasteiger partial charge in [-0.3, -0.25) is 0 Å². The van der Waals surface area contributed by atoms with Gasteiger partial charge in [0.25, 0.3) is 0 Å². The van der Waals surface area contributed by atoms with Crippen LogP contribution in [0.2, 0.25) is 0 Å². The lowest BCUT2D eigenvalue weighted by Gasteiger charge is -2.12. The van der Waals surface area contributed by atoms with Crippen LogP contribution in [0.5, 0.6) is 0 Å². The molecular weight excluding hydrogens is 205 g/mol. The molecule has 1 rings (SSSR count). The van der Waals surface area contributed by atoms with E-state index in [4.69, 9.17) is 0 Å². The summed E-state index contributed by atoms with van der Waals surface area (Å²) in [4.78, 5) is 1.89. The van der Waals surface area contributed by atoms with Gasteiger partial charge in [0.2, 0.25) is 0 Å². The van der Waals surface area contributed by atoms with Crippen LogP contribution in [0.15, 0.2) is 12.1 Å². The Morgan fingerprint density at radius 2 is 1.67 bits per heavy atom. The van der Waals surface area contributed by atoms with Crippen LogP contribution in [0.4, 0.5) is 18.9 Å². The Labute approximate surface area is 86.7 Å². The molecule has 5 heteroatoms. The summed E-state index contributed by atoms with van der Waals surface area (Å²) in [5.74, 6) is -3.01. The van der Waals surface area contributed by atoms with Crippen molar-refractivity contribution in [1.82, 2.24) is 4.90 Å². The molecule has 0 fully saturated rings. The number of nitrogens with zero attached hydrogens (tertiary/aromatic N) is 1. The second-order valence-electron chi connectivity index (χ2n) is 3.48. The zero-order valence-corrected chi connectivity index (χ0v) is 8.65. The predicted molar refractivity (Wildman–Crippen MR) is 53.4 cm³/mol. The smallest absolute Gasteiger partial charge is 0.161 e. The molecular formula is C10H13F3N2. The molecule has 0 amide bonds. The number of hydrogen-bond acceptors (Lipinski definition) is 2. The first-order chi connectivity index (χ1) is 7.00. The van der Waals surface area contributed by atoms with Gasteiger partial charge >= 0.3 is 0 Å². The number of rotatable bonds is 4. The van der Waals surface area contributed by atoms with Gasteiger partial charge in [-0.25, -0.2) is 13.2 Å². The number of anilines is 1. The van der Waals surface area contributed by atoms with Crippen molar-refractivity contribution in [2.75, 3.05) is 32.5 Å². The Hall–Kier alpha value is -1.23. The van der Waals surface area contributed by atoms with E-state index in [1.54, 1.807) is 0 Å². The van der Waals surface area contributed by atoms with Crippen molar-refractivity contribution in [2.24, 2.45) is 0 Å². The van der Waals surface area contributed by atoms with Gasteiger partial charge in [0.05, 0.1) is 5.69 Å². The maximum absolute atomic E-state index is 13.1. The van der Waals surface area contributed by atoms with Crippen molar-refractivity contribution in [1.29, 1.82) is 0 Å². The lowest BCUT2D eigenvalue weighted by atomic mass is 10.3. The van der Waals surface area contributed by atoms with Crippen LogP contribution >= 0.6 is 0 Å². The molecule has 0 bridgehead atoms. The number of halogens is 3. The molecule has 15 heavy (non-hydrogen) atoms. The molecule has 0 heterocycles. The van der Waals surface area contributed by atoms with E-state index in [9.17, 15) is 13.2 Å². The summed E-state index contributed by atoms with van der Waals surface area (Å²) in [7, 11) is 3.73. The third kappa shape index (κ3) is 3.43. The van der Waals surface area contributed by atoms with Crippen LogP contribution in [0, 0.1) is 17.5 Å². The topological polar surface area (TPSA) is 15.3 Å². The van der Waals surface area contributed by atoms with Crippen molar-refractivity contribution >= 4 is 5.69 Å². The van der Waals surface area contributed by atoms with E-state index in [-0.39, 0.29) is 5.69 Å². The van der Waals surface area contributed by atoms with E-state index >= 15 is 0 Å². The van der Waals surface area contributed by atoms with E-state index in [0.29, 0.717) is 19.2 Å². The Balaban J connectivity index is 2.65. The highest BCUT2D eigenvalue weighted by Crippen LogP contribution is 2.17. The van der Waals surface area contributed by atoms with Crippen LogP contribution in [0.3, 0.4) is 0 Å². The van der Waals surface area contributed by atoms with Gasteiger partial charge in [-0.15, -0.1) is 0 Å². The number of benzene rings is 1. The second kappa shape index (κ2) is 5.02. The highest BCUT2D eigenvalue weighted by atomic mass is 19.2. The zero-order valence-electron chi connectivity index (χ0n) is 8.65. The Kier molecular flexibility index (Phi) is 3.96. The molecule has 84 valence electrons. The molecule has 0 aliphatic carbocycles. The quantitative estimate of drug-likeness (QED) is 0.778. The molecule has 0 saturated carbocycles. The summed E-state index contributed by atoms with van der Waals surface area (Å²) in [5, 5.41) is 2.69. The Morgan fingerprint density at radius 3 is 2.27 bits per heavy atom. The first-order valence-electron chi connectivity index (χ1n) is 4.54. The molecule has 0 saturated heterocycles. The van der Waals surface area contributed by atoms with Crippen molar-refractivity contribution in [3.05, 3.63) is 29.6 Å². The van der Waals surface area contributed by atoms with Crippen LogP contribution in [-0.2, 0) is 0 Å². The lowest BCUT2D eigenvalue weighted by molar-refractivity contribution is 0.424. The third-order valence-corrected chi connectivity index (χ3v) is 1.88. The van der Waals surface area contributed by atoms with Gasteiger partial charge in [0.15, 0.2) is 11.6 Å². The van der Waals surface area contributed by atoms with Crippen molar-refractivity contribution in [3.8, 4) is 0 Å². The van der Waals surface area contributed by atoms with E-state index < -0.39 is 17.5 Å². The standard InChI is InChI=1S/C10H13F3N2/c1-15(2)4-3-14-10-6-8(12)7(11)5-9(10)13/h5-6,14H,3-4H2,1-2H3. The molecule has 0 aliphatic heterocycles. The summed E-state index contributed by atoms with van der Waals surface area (Å²) >= 11 is 0. The van der Waals surface area contributed by atoms with E-state index in [1.807, 2.05) is 19.0 Å². The minimum absolute atomic E-state index is 0.0178. The highest BCUT2D eigenvalue weighted by molar-refractivity contribution is 5.45. The van der Waals surface area contributed by atoms with Crippen LogP contribution in [-0.4, -0.2) is 32.1 Å². The summed E-state index contributed by atoms with van der Waals surface area (Å²) in [6.45, 7) is 1.15.